The maximum absolute atomic E-state index is 14.3. The number of cyclic esters (lactones) is 1. The van der Waals surface area contributed by atoms with Crippen molar-refractivity contribution in [3.05, 3.63) is 47.6 Å². The molecule has 2 bridgehead atoms. The molecule has 3 heterocycles. The molecule has 15 atom stereocenters. The van der Waals surface area contributed by atoms with Crippen LogP contribution < -0.4 is 0 Å². The van der Waals surface area contributed by atoms with E-state index in [1.165, 1.54) is 7.11 Å². The van der Waals surface area contributed by atoms with E-state index in [9.17, 15) is 49.5 Å². The number of fused-ring (bicyclic) bond motifs is 3. The molecule has 366 valence electrons. The van der Waals surface area contributed by atoms with Crippen LogP contribution in [0.15, 0.2) is 47.6 Å². The molecular formula is C51H79NO13. The molecular weight excluding hydrogens is 835 g/mol. The van der Waals surface area contributed by atoms with Gasteiger partial charge < -0.3 is 44.6 Å². The second kappa shape index (κ2) is 25.1. The lowest BCUT2D eigenvalue weighted by Crippen LogP contribution is -2.60. The highest BCUT2D eigenvalue weighted by molar-refractivity contribution is 6.39. The van der Waals surface area contributed by atoms with Crippen LogP contribution in [-0.4, -0.2) is 129 Å². The highest BCUT2D eigenvalue weighted by Crippen LogP contribution is 2.38. The molecule has 14 heteroatoms. The molecule has 5 N–H and O–H groups in total. The third-order valence-electron chi connectivity index (χ3n) is 14.7. The van der Waals surface area contributed by atoms with Gasteiger partial charge in [-0.1, -0.05) is 76.6 Å². The van der Waals surface area contributed by atoms with E-state index in [0.29, 0.717) is 63.4 Å². The van der Waals surface area contributed by atoms with Gasteiger partial charge >= 0.3 is 5.97 Å². The summed E-state index contributed by atoms with van der Waals surface area (Å²) in [7, 11) is 1.37. The number of esters is 1. The number of allylic oxidation sites excluding steroid dienone is 6. The first-order valence-electron chi connectivity index (χ1n) is 24.1. The van der Waals surface area contributed by atoms with Crippen molar-refractivity contribution in [3.8, 4) is 0 Å². The van der Waals surface area contributed by atoms with Crippen molar-refractivity contribution >= 4 is 29.2 Å². The summed E-state index contributed by atoms with van der Waals surface area (Å²) in [6.45, 7) is 12.2. The molecule has 3 aliphatic heterocycles. The topological polar surface area (TPSA) is 217 Å². The zero-order chi connectivity index (χ0) is 48.2. The van der Waals surface area contributed by atoms with Crippen molar-refractivity contribution in [3.63, 3.8) is 0 Å². The minimum absolute atomic E-state index is 0.000906. The van der Waals surface area contributed by atoms with Crippen LogP contribution in [0, 0.1) is 47.3 Å². The number of aliphatic hydroxyl groups is 5. The summed E-state index contributed by atoms with van der Waals surface area (Å²) in [5, 5.41) is 54.1. The van der Waals surface area contributed by atoms with Gasteiger partial charge in [0.2, 0.25) is 5.79 Å². The van der Waals surface area contributed by atoms with Crippen molar-refractivity contribution in [2.75, 3.05) is 26.9 Å². The summed E-state index contributed by atoms with van der Waals surface area (Å²) in [6, 6.07) is -1.17. The van der Waals surface area contributed by atoms with E-state index in [-0.39, 0.29) is 80.2 Å². The van der Waals surface area contributed by atoms with E-state index in [2.05, 4.69) is 0 Å². The van der Waals surface area contributed by atoms with Gasteiger partial charge in [0.1, 0.15) is 30.1 Å². The largest absolute Gasteiger partial charge is 0.460 e. The van der Waals surface area contributed by atoms with Gasteiger partial charge in [0.15, 0.2) is 5.78 Å². The summed E-state index contributed by atoms with van der Waals surface area (Å²) in [5.74, 6) is -8.94. The Hall–Kier alpha value is -3.37. The first-order chi connectivity index (χ1) is 30.7. The summed E-state index contributed by atoms with van der Waals surface area (Å²) in [6.07, 6.45) is 11.3. The summed E-state index contributed by atoms with van der Waals surface area (Å²) < 4.78 is 17.9. The second-order valence-corrected chi connectivity index (χ2v) is 19.9. The van der Waals surface area contributed by atoms with Gasteiger partial charge in [-0.2, -0.15) is 0 Å². The molecule has 4 rings (SSSR count). The smallest absolute Gasteiger partial charge is 0.329 e. The summed E-state index contributed by atoms with van der Waals surface area (Å²) >= 11 is 0. The lowest BCUT2D eigenvalue weighted by atomic mass is 9.75. The normalized spacial score (nSPS) is 38.6. The van der Waals surface area contributed by atoms with Crippen LogP contribution in [0.3, 0.4) is 0 Å². The molecule has 0 aromatic heterocycles. The van der Waals surface area contributed by atoms with E-state index in [4.69, 9.17) is 14.2 Å². The number of ketones is 3. The molecule has 2 saturated heterocycles. The van der Waals surface area contributed by atoms with Gasteiger partial charge in [-0.15, -0.1) is 0 Å². The summed E-state index contributed by atoms with van der Waals surface area (Å²) in [5.41, 5.74) is 1.22. The number of carbonyl (C=O) groups excluding carboxylic acids is 5. The van der Waals surface area contributed by atoms with Crippen molar-refractivity contribution in [2.24, 2.45) is 47.3 Å². The van der Waals surface area contributed by atoms with Crippen molar-refractivity contribution in [2.45, 2.75) is 168 Å². The quantitative estimate of drug-likeness (QED) is 0.129. The predicted octanol–water partition coefficient (Wildman–Crippen LogP) is 5.37. The molecule has 0 aromatic rings. The highest BCUT2D eigenvalue weighted by Gasteiger charge is 2.53. The standard InChI is InChI=1S/C51H79NO13/c1-30-14-10-9-11-15-31(2)38(28-53)26-40-19-17-36(7)51(62,65-40)48(59)49(60)52-21-13-12-16-41(52)50(61)64-44(33(4)24-37-18-20-42(55)39(25-37)29-54)27-43(56)32(3)23-35(6)46(58)47(63-8)45(57)34(5)22-30/h9-11,14-15,23,30,32-34,36-42,44,46-47,53-55,58,62H,12-13,16-22,24-29H2,1-8H3/b11-9?,14-10?,31-15?,35-23+/t30-,32-,33-,34-,36-,37+,38?,39+,40+,41?,42-,44+,46?,47+,51-/m1/s1. The van der Waals surface area contributed by atoms with E-state index < -0.39 is 77.8 Å². The average Bonchev–Trinajstić information content (AvgIpc) is 3.28. The number of amides is 1. The molecule has 1 aliphatic carbocycles. The van der Waals surface area contributed by atoms with E-state index in [1.807, 2.05) is 51.2 Å². The minimum Gasteiger partial charge on any atom is -0.460 e. The third-order valence-corrected chi connectivity index (χ3v) is 14.7. The number of methoxy groups -OCH3 is 1. The van der Waals surface area contributed by atoms with Crippen LogP contribution in [0.5, 0.6) is 0 Å². The molecule has 3 unspecified atom stereocenters. The lowest BCUT2D eigenvalue weighted by Gasteiger charge is -2.43. The molecule has 65 heavy (non-hydrogen) atoms. The Morgan fingerprint density at radius 3 is 2.28 bits per heavy atom. The van der Waals surface area contributed by atoms with Gasteiger partial charge in [-0.25, -0.2) is 4.79 Å². The number of Topliss-reactive ketones (excluding diaryl/α,β-unsaturated/α-hetero) is 3. The van der Waals surface area contributed by atoms with Crippen LogP contribution in [0.2, 0.25) is 0 Å². The fourth-order valence-electron chi connectivity index (χ4n) is 10.3. The third kappa shape index (κ3) is 14.3. The Balaban J connectivity index is 1.70. The lowest BCUT2D eigenvalue weighted by molar-refractivity contribution is -0.265. The van der Waals surface area contributed by atoms with Crippen LogP contribution >= 0.6 is 0 Å². The second-order valence-electron chi connectivity index (χ2n) is 19.9. The Labute approximate surface area is 386 Å². The fourth-order valence-corrected chi connectivity index (χ4v) is 10.3. The first-order valence-corrected chi connectivity index (χ1v) is 24.1. The summed E-state index contributed by atoms with van der Waals surface area (Å²) in [4.78, 5) is 71.6. The zero-order valence-electron chi connectivity index (χ0n) is 40.1. The van der Waals surface area contributed by atoms with E-state index in [0.717, 1.165) is 10.5 Å². The van der Waals surface area contributed by atoms with Crippen LogP contribution in [-0.2, 0) is 38.2 Å². The van der Waals surface area contributed by atoms with Gasteiger partial charge in [0, 0.05) is 62.9 Å². The minimum atomic E-state index is -2.46. The molecule has 4 aliphatic rings. The van der Waals surface area contributed by atoms with Crippen LogP contribution in [0.25, 0.3) is 0 Å². The molecule has 1 amide bonds. The van der Waals surface area contributed by atoms with Crippen molar-refractivity contribution in [1.29, 1.82) is 0 Å². The fraction of sp³-hybridized carbons (Fsp3) is 0.745. The Bertz CT molecular complexity index is 1760. The van der Waals surface area contributed by atoms with Gasteiger partial charge in [-0.05, 0) is 108 Å². The number of nitrogens with zero attached hydrogens (tertiary/aromatic N) is 1. The van der Waals surface area contributed by atoms with E-state index >= 15 is 0 Å². The van der Waals surface area contributed by atoms with Crippen molar-refractivity contribution < 1.29 is 63.7 Å². The average molecular weight is 914 g/mol. The molecule has 0 spiro atoms. The molecule has 0 aromatic carbocycles. The van der Waals surface area contributed by atoms with Crippen molar-refractivity contribution in [1.82, 2.24) is 4.90 Å². The van der Waals surface area contributed by atoms with Gasteiger partial charge in [0.25, 0.3) is 11.7 Å². The molecule has 3 fully saturated rings. The number of carbonyl (C=O) groups is 5. The van der Waals surface area contributed by atoms with E-state index in [1.54, 1.807) is 33.8 Å². The zero-order valence-corrected chi connectivity index (χ0v) is 40.1. The molecule has 1 saturated carbocycles. The first kappa shape index (κ1) is 54.2. The SMILES string of the molecule is CO[C@H]1C(=O)[C@H](C)C[C@H](C)C=CC=CC=C(C)C(CO)C[C@@H]2CC[C@@H](C)[C@@](O)(O2)C(=O)C(=O)N2CCCCC2C(=O)O[C@H]([C@H](C)C[C@@H]2CC[C@@H](O)[C@H](CO)C2)CC(=O)[C@H](C)/C=C(\C)C1O. The van der Waals surface area contributed by atoms with Gasteiger partial charge in [0.05, 0.1) is 12.2 Å². The predicted molar refractivity (Wildman–Crippen MR) is 245 cm³/mol. The maximum atomic E-state index is 14.3. The molecule has 0 radical (unpaired) electrons. The number of hydrogen-bond acceptors (Lipinski definition) is 13. The Morgan fingerprint density at radius 1 is 0.877 bits per heavy atom. The van der Waals surface area contributed by atoms with Crippen LogP contribution in [0.4, 0.5) is 0 Å². The number of piperidine rings is 1. The number of hydrogen-bond donors (Lipinski definition) is 5. The number of aliphatic hydroxyl groups excluding tert-OH is 4. The number of ether oxygens (including phenoxy) is 3. The Kier molecular flexibility index (Phi) is 21.0. The van der Waals surface area contributed by atoms with Crippen LogP contribution in [0.1, 0.15) is 126 Å². The number of rotatable bonds is 6. The monoisotopic (exact) mass is 914 g/mol. The van der Waals surface area contributed by atoms with Gasteiger partial charge in [-0.3, -0.25) is 19.2 Å². The highest BCUT2D eigenvalue weighted by atomic mass is 16.6. The Morgan fingerprint density at radius 2 is 1.60 bits per heavy atom. The molecule has 14 nitrogen and oxygen atoms in total. The maximum Gasteiger partial charge on any atom is 0.329 e.